The molecule has 1 aromatic carbocycles. The molecule has 4 aromatic rings. The average molecular weight is 416 g/mol. The summed E-state index contributed by atoms with van der Waals surface area (Å²) in [4.78, 5) is 7.52. The van der Waals surface area contributed by atoms with Gasteiger partial charge in [-0.15, -0.1) is 0 Å². The van der Waals surface area contributed by atoms with Crippen LogP contribution < -0.4 is 4.74 Å². The smallest absolute Gasteiger partial charge is 0.120 e. The molecule has 0 amide bonds. The third kappa shape index (κ3) is 3.72. The van der Waals surface area contributed by atoms with Gasteiger partial charge < -0.3 is 9.30 Å². The maximum atomic E-state index is 5.42. The molecule has 31 heavy (non-hydrogen) atoms. The van der Waals surface area contributed by atoms with Crippen LogP contribution in [0.1, 0.15) is 35.8 Å². The van der Waals surface area contributed by atoms with Gasteiger partial charge in [-0.3, -0.25) is 14.6 Å². The second kappa shape index (κ2) is 7.85. The largest absolute Gasteiger partial charge is 0.497 e. The highest BCUT2D eigenvalue weighted by atomic mass is 16.5. The van der Waals surface area contributed by atoms with Crippen LogP contribution in [0.4, 0.5) is 0 Å². The fourth-order valence-corrected chi connectivity index (χ4v) is 4.87. The van der Waals surface area contributed by atoms with Crippen LogP contribution in [0.3, 0.4) is 0 Å². The number of hydrogen-bond donors (Lipinski definition) is 0. The van der Waals surface area contributed by atoms with Crippen molar-refractivity contribution in [3.05, 3.63) is 65.9 Å². The van der Waals surface area contributed by atoms with Crippen LogP contribution in [-0.4, -0.2) is 37.9 Å². The van der Waals surface area contributed by atoms with Gasteiger partial charge in [0.1, 0.15) is 5.75 Å². The highest BCUT2D eigenvalue weighted by Crippen LogP contribution is 2.36. The van der Waals surface area contributed by atoms with Gasteiger partial charge in [-0.2, -0.15) is 5.10 Å². The predicted molar refractivity (Wildman–Crippen MR) is 123 cm³/mol. The summed E-state index contributed by atoms with van der Waals surface area (Å²) in [6.07, 6.45) is 8.58. The van der Waals surface area contributed by atoms with E-state index in [2.05, 4.69) is 71.3 Å². The van der Waals surface area contributed by atoms with Crippen LogP contribution in [0.2, 0.25) is 0 Å². The highest BCUT2D eigenvalue weighted by molar-refractivity contribution is 5.85. The van der Waals surface area contributed by atoms with Gasteiger partial charge in [0.15, 0.2) is 0 Å². The summed E-state index contributed by atoms with van der Waals surface area (Å²) < 4.78 is 9.46. The zero-order valence-corrected chi connectivity index (χ0v) is 18.7. The van der Waals surface area contributed by atoms with Crippen molar-refractivity contribution in [2.24, 2.45) is 14.1 Å². The number of rotatable bonds is 5. The van der Waals surface area contributed by atoms with Gasteiger partial charge in [0, 0.05) is 55.7 Å². The normalized spacial score (nSPS) is 17.0. The average Bonchev–Trinajstić information content (AvgIpc) is 3.47. The van der Waals surface area contributed by atoms with E-state index in [1.807, 2.05) is 17.9 Å². The van der Waals surface area contributed by atoms with E-state index in [9.17, 15) is 0 Å². The molecule has 1 saturated heterocycles. The molecule has 160 valence electrons. The first-order chi connectivity index (χ1) is 15.0. The lowest BCUT2D eigenvalue weighted by molar-refractivity contribution is 0.245. The van der Waals surface area contributed by atoms with Crippen LogP contribution in [0.25, 0.3) is 22.0 Å². The van der Waals surface area contributed by atoms with E-state index in [0.717, 1.165) is 36.5 Å². The number of aromatic nitrogens is 4. The van der Waals surface area contributed by atoms with Gasteiger partial charge in [-0.05, 0) is 61.7 Å². The van der Waals surface area contributed by atoms with Crippen molar-refractivity contribution in [3.8, 4) is 16.9 Å². The van der Waals surface area contributed by atoms with E-state index in [1.165, 1.54) is 34.1 Å². The summed E-state index contributed by atoms with van der Waals surface area (Å²) in [5, 5.41) is 5.63. The number of fused-ring (bicyclic) bond motifs is 1. The number of hydrogen-bond acceptors (Lipinski definition) is 4. The van der Waals surface area contributed by atoms with Gasteiger partial charge in [0.2, 0.25) is 0 Å². The Hall–Kier alpha value is -3.12. The van der Waals surface area contributed by atoms with Gasteiger partial charge in [-0.25, -0.2) is 0 Å². The van der Waals surface area contributed by atoms with Gasteiger partial charge >= 0.3 is 0 Å². The number of pyridine rings is 1. The predicted octanol–water partition coefficient (Wildman–Crippen LogP) is 4.63. The molecule has 3 aromatic heterocycles. The molecule has 0 N–H and O–H groups in total. The van der Waals surface area contributed by atoms with Gasteiger partial charge in [-0.1, -0.05) is 0 Å². The van der Waals surface area contributed by atoms with Crippen LogP contribution >= 0.6 is 0 Å². The van der Waals surface area contributed by atoms with Crippen molar-refractivity contribution in [3.63, 3.8) is 0 Å². The minimum absolute atomic E-state index is 0.337. The lowest BCUT2D eigenvalue weighted by atomic mass is 10.0. The van der Waals surface area contributed by atoms with Crippen molar-refractivity contribution < 1.29 is 4.74 Å². The van der Waals surface area contributed by atoms with Crippen LogP contribution in [0, 0.1) is 6.92 Å². The van der Waals surface area contributed by atoms with E-state index >= 15 is 0 Å². The molecule has 0 saturated carbocycles. The highest BCUT2D eigenvalue weighted by Gasteiger charge is 2.28. The fraction of sp³-hybridized carbons (Fsp3) is 0.360. The van der Waals surface area contributed by atoms with Crippen LogP contribution in [0.15, 0.2) is 48.9 Å². The molecule has 4 heterocycles. The van der Waals surface area contributed by atoms with E-state index in [-0.39, 0.29) is 0 Å². The molecule has 0 spiro atoms. The Balaban J connectivity index is 1.46. The molecule has 1 aliphatic rings. The Labute approximate surface area is 183 Å². The van der Waals surface area contributed by atoms with Crippen molar-refractivity contribution in [1.82, 2.24) is 24.2 Å². The quantitative estimate of drug-likeness (QED) is 0.477. The number of nitrogens with zero attached hydrogens (tertiary/aromatic N) is 5. The van der Waals surface area contributed by atoms with E-state index < -0.39 is 0 Å². The van der Waals surface area contributed by atoms with Crippen LogP contribution in [0.5, 0.6) is 5.75 Å². The minimum atomic E-state index is 0.337. The van der Waals surface area contributed by atoms with E-state index in [0.29, 0.717) is 6.04 Å². The number of likely N-dealkylation sites (tertiary alicyclic amines) is 1. The van der Waals surface area contributed by atoms with Crippen molar-refractivity contribution in [1.29, 1.82) is 0 Å². The number of methoxy groups -OCH3 is 1. The number of aryl methyl sites for hydroxylation is 3. The topological polar surface area (TPSA) is 48.1 Å². The first-order valence-corrected chi connectivity index (χ1v) is 10.9. The second-order valence-electron chi connectivity index (χ2n) is 8.60. The summed E-state index contributed by atoms with van der Waals surface area (Å²) in [5.74, 6) is 0.895. The molecule has 5 rings (SSSR count). The molecule has 1 unspecified atom stereocenters. The van der Waals surface area contributed by atoms with Crippen molar-refractivity contribution in [2.75, 3.05) is 13.7 Å². The zero-order chi connectivity index (χ0) is 21.5. The molecule has 0 radical (unpaired) electrons. The molecule has 0 bridgehead atoms. The number of ether oxygens (including phenoxy) is 1. The fourth-order valence-electron chi connectivity index (χ4n) is 4.87. The standard InChI is InChI=1S/C25H29N5O/c1-17-10-18(19-13-26-29(3)15-19)11-23(27-17)24-6-5-9-30(24)16-20-14-28(2)25-12-21(31-4)7-8-22(20)25/h7-8,10-15,24H,5-6,9,16H2,1-4H3. The SMILES string of the molecule is COc1ccc2c(CN3CCCC3c3cc(-c4cnn(C)c4)cc(C)n3)cn(C)c2c1. The Morgan fingerprint density at radius 1 is 1.10 bits per heavy atom. The third-order valence-electron chi connectivity index (χ3n) is 6.37. The first-order valence-electron chi connectivity index (χ1n) is 10.9. The van der Waals surface area contributed by atoms with Crippen molar-refractivity contribution in [2.45, 2.75) is 32.4 Å². The maximum Gasteiger partial charge on any atom is 0.120 e. The first kappa shape index (κ1) is 19.8. The number of benzene rings is 1. The molecule has 1 atom stereocenters. The monoisotopic (exact) mass is 415 g/mol. The Kier molecular flexibility index (Phi) is 5.02. The zero-order valence-electron chi connectivity index (χ0n) is 18.7. The Morgan fingerprint density at radius 3 is 2.74 bits per heavy atom. The van der Waals surface area contributed by atoms with Crippen LogP contribution in [-0.2, 0) is 20.6 Å². The second-order valence-corrected chi connectivity index (χ2v) is 8.60. The maximum absolute atomic E-state index is 5.42. The molecule has 1 fully saturated rings. The molecule has 0 aliphatic carbocycles. The van der Waals surface area contributed by atoms with Gasteiger partial charge in [0.05, 0.1) is 30.6 Å². The lowest BCUT2D eigenvalue weighted by Gasteiger charge is -2.24. The molecular formula is C25H29N5O. The third-order valence-corrected chi connectivity index (χ3v) is 6.37. The lowest BCUT2D eigenvalue weighted by Crippen LogP contribution is -2.23. The summed E-state index contributed by atoms with van der Waals surface area (Å²) in [7, 11) is 5.78. The summed E-state index contributed by atoms with van der Waals surface area (Å²) >= 11 is 0. The van der Waals surface area contributed by atoms with E-state index in [1.54, 1.807) is 7.11 Å². The molecule has 1 aliphatic heterocycles. The Morgan fingerprint density at radius 2 is 1.97 bits per heavy atom. The Bertz CT molecular complexity index is 1240. The summed E-state index contributed by atoms with van der Waals surface area (Å²) in [6, 6.07) is 11.1. The summed E-state index contributed by atoms with van der Waals surface area (Å²) in [5.41, 5.74) is 7.12. The van der Waals surface area contributed by atoms with E-state index in [4.69, 9.17) is 9.72 Å². The van der Waals surface area contributed by atoms with Crippen molar-refractivity contribution >= 4 is 10.9 Å². The minimum Gasteiger partial charge on any atom is -0.497 e. The summed E-state index contributed by atoms with van der Waals surface area (Å²) in [6.45, 7) is 4.10. The molecule has 6 heteroatoms. The molecular weight excluding hydrogens is 386 g/mol. The van der Waals surface area contributed by atoms with Gasteiger partial charge in [0.25, 0.3) is 0 Å². The molecule has 6 nitrogen and oxygen atoms in total.